The van der Waals surface area contributed by atoms with E-state index in [9.17, 15) is 4.79 Å². The van der Waals surface area contributed by atoms with E-state index < -0.39 is 0 Å². The van der Waals surface area contributed by atoms with Crippen molar-refractivity contribution in [2.45, 2.75) is 31.9 Å². The fourth-order valence-corrected chi connectivity index (χ4v) is 2.12. The molecule has 2 rings (SSSR count). The highest BCUT2D eigenvalue weighted by atomic mass is 16.5. The molecule has 1 amide bonds. The number of amides is 1. The van der Waals surface area contributed by atoms with Crippen LogP contribution in [0.4, 0.5) is 0 Å². The number of nitrogens with zero attached hydrogens (tertiary/aromatic N) is 1. The molecular weight excluding hydrogens is 254 g/mol. The molecule has 5 nitrogen and oxygen atoms in total. The molecule has 0 spiro atoms. The Balaban J connectivity index is 2.13. The Kier molecular flexibility index (Phi) is 4.38. The largest absolute Gasteiger partial charge is 0.376 e. The summed E-state index contributed by atoms with van der Waals surface area (Å²) in [4.78, 5) is 16.3. The zero-order valence-corrected chi connectivity index (χ0v) is 11.8. The van der Waals surface area contributed by atoms with Gasteiger partial charge < -0.3 is 15.8 Å². The standard InChI is InChI=1S/C15H19N3O2/c1-11-15(2,5-7-20-11)18-14(19)13-8-12(4-3-6-16)9-17-10-13/h8-11H,5-7,16H2,1-2H3,(H,18,19). The molecule has 2 atom stereocenters. The molecule has 0 aromatic carbocycles. The fraction of sp³-hybridized carbons (Fsp3) is 0.467. The van der Waals surface area contributed by atoms with Crippen molar-refractivity contribution in [3.8, 4) is 11.8 Å². The number of nitrogens with two attached hydrogens (primary N) is 1. The smallest absolute Gasteiger partial charge is 0.253 e. The summed E-state index contributed by atoms with van der Waals surface area (Å²) >= 11 is 0. The van der Waals surface area contributed by atoms with Crippen molar-refractivity contribution in [3.05, 3.63) is 29.6 Å². The maximum atomic E-state index is 12.3. The Morgan fingerprint density at radius 3 is 3.10 bits per heavy atom. The zero-order valence-electron chi connectivity index (χ0n) is 11.8. The second kappa shape index (κ2) is 6.04. The van der Waals surface area contributed by atoms with Crippen molar-refractivity contribution < 1.29 is 9.53 Å². The lowest BCUT2D eigenvalue weighted by Crippen LogP contribution is -2.50. The lowest BCUT2D eigenvalue weighted by Gasteiger charge is -2.28. The van der Waals surface area contributed by atoms with Crippen LogP contribution in [0.15, 0.2) is 18.5 Å². The Morgan fingerprint density at radius 1 is 1.65 bits per heavy atom. The third-order valence-corrected chi connectivity index (χ3v) is 3.62. The predicted molar refractivity (Wildman–Crippen MR) is 76.1 cm³/mol. The van der Waals surface area contributed by atoms with E-state index >= 15 is 0 Å². The van der Waals surface area contributed by atoms with Gasteiger partial charge in [-0.2, -0.15) is 0 Å². The molecule has 2 heterocycles. The SMILES string of the molecule is CC1OCCC1(C)NC(=O)c1cncc(C#CCN)c1. The Labute approximate surface area is 118 Å². The summed E-state index contributed by atoms with van der Waals surface area (Å²) < 4.78 is 5.52. The van der Waals surface area contributed by atoms with Crippen molar-refractivity contribution in [1.29, 1.82) is 0 Å². The maximum absolute atomic E-state index is 12.3. The number of aromatic nitrogens is 1. The predicted octanol–water partition coefficient (Wildman–Crippen LogP) is 0.689. The highest BCUT2D eigenvalue weighted by Gasteiger charge is 2.38. The van der Waals surface area contributed by atoms with Gasteiger partial charge in [0.1, 0.15) is 0 Å². The van der Waals surface area contributed by atoms with Crippen molar-refractivity contribution >= 4 is 5.91 Å². The van der Waals surface area contributed by atoms with Gasteiger partial charge in [-0.1, -0.05) is 11.8 Å². The molecule has 1 aromatic rings. The van der Waals surface area contributed by atoms with E-state index in [1.807, 2.05) is 13.8 Å². The fourth-order valence-electron chi connectivity index (χ4n) is 2.12. The number of ether oxygens (including phenoxy) is 1. The molecule has 1 aliphatic heterocycles. The molecular formula is C15H19N3O2. The van der Waals surface area contributed by atoms with Gasteiger partial charge in [0.25, 0.3) is 5.91 Å². The first kappa shape index (κ1) is 14.5. The number of carbonyl (C=O) groups is 1. The third-order valence-electron chi connectivity index (χ3n) is 3.62. The van der Waals surface area contributed by atoms with E-state index in [0.717, 1.165) is 6.42 Å². The van der Waals surface area contributed by atoms with Gasteiger partial charge in [-0.25, -0.2) is 0 Å². The monoisotopic (exact) mass is 273 g/mol. The van der Waals surface area contributed by atoms with Crippen LogP contribution in [-0.2, 0) is 4.74 Å². The van der Waals surface area contributed by atoms with Gasteiger partial charge >= 0.3 is 0 Å². The van der Waals surface area contributed by atoms with Gasteiger partial charge in [-0.15, -0.1) is 0 Å². The summed E-state index contributed by atoms with van der Waals surface area (Å²) in [5, 5.41) is 3.03. The number of hydrogen-bond donors (Lipinski definition) is 2. The molecule has 1 aromatic heterocycles. The first-order chi connectivity index (χ1) is 9.55. The van der Waals surface area contributed by atoms with Crippen LogP contribution in [0, 0.1) is 11.8 Å². The van der Waals surface area contributed by atoms with Crippen LogP contribution in [0.5, 0.6) is 0 Å². The van der Waals surface area contributed by atoms with E-state index in [2.05, 4.69) is 22.1 Å². The normalized spacial score (nSPS) is 24.9. The topological polar surface area (TPSA) is 77.2 Å². The number of hydrogen-bond acceptors (Lipinski definition) is 4. The first-order valence-corrected chi connectivity index (χ1v) is 6.63. The number of rotatable bonds is 2. The van der Waals surface area contributed by atoms with Crippen LogP contribution in [0.3, 0.4) is 0 Å². The lowest BCUT2D eigenvalue weighted by molar-refractivity contribution is 0.0727. The van der Waals surface area contributed by atoms with Gasteiger partial charge in [-0.05, 0) is 26.3 Å². The molecule has 0 aliphatic carbocycles. The van der Waals surface area contributed by atoms with E-state index in [4.69, 9.17) is 10.5 Å². The summed E-state index contributed by atoms with van der Waals surface area (Å²) in [5.41, 5.74) is 6.17. The molecule has 0 saturated carbocycles. The van der Waals surface area contributed by atoms with Crippen LogP contribution in [0.25, 0.3) is 0 Å². The Morgan fingerprint density at radius 2 is 2.45 bits per heavy atom. The molecule has 2 unspecified atom stereocenters. The van der Waals surface area contributed by atoms with Crippen LogP contribution >= 0.6 is 0 Å². The number of pyridine rings is 1. The van der Waals surface area contributed by atoms with E-state index in [0.29, 0.717) is 17.7 Å². The summed E-state index contributed by atoms with van der Waals surface area (Å²) in [6.45, 7) is 4.91. The number of nitrogens with one attached hydrogen (secondary N) is 1. The lowest BCUT2D eigenvalue weighted by atomic mass is 9.94. The first-order valence-electron chi connectivity index (χ1n) is 6.63. The van der Waals surface area contributed by atoms with Crippen molar-refractivity contribution in [1.82, 2.24) is 10.3 Å². The Bertz CT molecular complexity index is 562. The Hall–Kier alpha value is -1.90. The molecule has 20 heavy (non-hydrogen) atoms. The van der Waals surface area contributed by atoms with Crippen LogP contribution < -0.4 is 11.1 Å². The van der Waals surface area contributed by atoms with Crippen molar-refractivity contribution in [3.63, 3.8) is 0 Å². The van der Waals surface area contributed by atoms with Gasteiger partial charge in [0.05, 0.1) is 23.8 Å². The van der Waals surface area contributed by atoms with Gasteiger partial charge in [-0.3, -0.25) is 9.78 Å². The minimum atomic E-state index is -0.337. The van der Waals surface area contributed by atoms with E-state index in [1.54, 1.807) is 12.3 Å². The molecule has 0 bridgehead atoms. The minimum Gasteiger partial charge on any atom is -0.376 e. The molecule has 3 N–H and O–H groups in total. The molecule has 106 valence electrons. The average molecular weight is 273 g/mol. The van der Waals surface area contributed by atoms with Crippen LogP contribution in [0.1, 0.15) is 36.2 Å². The molecule has 0 radical (unpaired) electrons. The second-order valence-corrected chi connectivity index (χ2v) is 5.10. The van der Waals surface area contributed by atoms with E-state index in [1.165, 1.54) is 6.20 Å². The van der Waals surface area contributed by atoms with Crippen molar-refractivity contribution in [2.75, 3.05) is 13.2 Å². The summed E-state index contributed by atoms with van der Waals surface area (Å²) in [6.07, 6.45) is 3.95. The van der Waals surface area contributed by atoms with Gasteiger partial charge in [0, 0.05) is 24.6 Å². The highest BCUT2D eigenvalue weighted by Crippen LogP contribution is 2.25. The maximum Gasteiger partial charge on any atom is 0.253 e. The summed E-state index contributed by atoms with van der Waals surface area (Å²) in [6, 6.07) is 1.72. The average Bonchev–Trinajstić information content (AvgIpc) is 2.76. The van der Waals surface area contributed by atoms with Gasteiger partial charge in [0.15, 0.2) is 0 Å². The van der Waals surface area contributed by atoms with Crippen molar-refractivity contribution in [2.24, 2.45) is 5.73 Å². The molecule has 1 aliphatic rings. The summed E-state index contributed by atoms with van der Waals surface area (Å²) in [7, 11) is 0. The van der Waals surface area contributed by atoms with Crippen LogP contribution in [-0.4, -0.2) is 35.7 Å². The summed E-state index contributed by atoms with van der Waals surface area (Å²) in [5.74, 6) is 5.46. The highest BCUT2D eigenvalue weighted by molar-refractivity contribution is 5.94. The minimum absolute atomic E-state index is 0.000348. The zero-order chi connectivity index (χ0) is 14.6. The number of carbonyl (C=O) groups excluding carboxylic acids is 1. The van der Waals surface area contributed by atoms with Crippen LogP contribution in [0.2, 0.25) is 0 Å². The molecule has 5 heteroatoms. The van der Waals surface area contributed by atoms with E-state index in [-0.39, 0.29) is 24.1 Å². The van der Waals surface area contributed by atoms with Gasteiger partial charge in [0.2, 0.25) is 0 Å². The quantitative estimate of drug-likeness (QED) is 0.777. The third kappa shape index (κ3) is 3.16. The molecule has 1 fully saturated rings. The molecule has 1 saturated heterocycles. The second-order valence-electron chi connectivity index (χ2n) is 5.10.